The van der Waals surface area contributed by atoms with Crippen molar-refractivity contribution < 1.29 is 21.6 Å². The Morgan fingerprint density at radius 1 is 0.929 bits per heavy atom. The third-order valence-electron chi connectivity index (χ3n) is 3.53. The molecule has 146 valence electrons. The second-order valence-corrected chi connectivity index (χ2v) is 10.2. The summed E-state index contributed by atoms with van der Waals surface area (Å²) in [5.41, 5.74) is 0.279. The minimum absolute atomic E-state index is 0.0161. The maximum atomic E-state index is 12.3. The van der Waals surface area contributed by atoms with Gasteiger partial charge in [0.1, 0.15) is 5.75 Å². The van der Waals surface area contributed by atoms with Gasteiger partial charge in [0, 0.05) is 17.3 Å². The molecule has 3 aromatic rings. The molecule has 28 heavy (non-hydrogen) atoms. The number of sulfonamides is 1. The quantitative estimate of drug-likeness (QED) is 0.585. The molecule has 0 atom stereocenters. The van der Waals surface area contributed by atoms with E-state index in [1.807, 2.05) is 0 Å². The molecule has 0 bridgehead atoms. The molecule has 0 fully saturated rings. The number of thiazole rings is 1. The molecule has 1 amide bonds. The van der Waals surface area contributed by atoms with Crippen molar-refractivity contribution in [1.29, 1.82) is 0 Å². The normalized spacial score (nSPS) is 11.7. The maximum absolute atomic E-state index is 12.3. The third-order valence-corrected chi connectivity index (χ3v) is 7.33. The Labute approximate surface area is 166 Å². The van der Waals surface area contributed by atoms with Crippen LogP contribution in [0.4, 0.5) is 10.8 Å². The van der Waals surface area contributed by atoms with Crippen molar-refractivity contribution >= 4 is 47.9 Å². The molecule has 2 N–H and O–H groups in total. The van der Waals surface area contributed by atoms with Gasteiger partial charge in [-0.15, -0.1) is 11.3 Å². The van der Waals surface area contributed by atoms with Crippen molar-refractivity contribution in [3.63, 3.8) is 0 Å². The lowest BCUT2D eigenvalue weighted by atomic mass is 10.3. The fourth-order valence-corrected chi connectivity index (χ4v) is 5.19. The number of aromatic nitrogens is 1. The van der Waals surface area contributed by atoms with Gasteiger partial charge in [0.2, 0.25) is 5.91 Å². The predicted molar refractivity (Wildman–Crippen MR) is 106 cm³/mol. The van der Waals surface area contributed by atoms with Gasteiger partial charge < -0.3 is 5.32 Å². The van der Waals surface area contributed by atoms with Crippen LogP contribution in [0.15, 0.2) is 76.0 Å². The summed E-state index contributed by atoms with van der Waals surface area (Å²) in [6.07, 6.45) is 1.48. The van der Waals surface area contributed by atoms with Crippen LogP contribution in [0.25, 0.3) is 0 Å². The summed E-state index contributed by atoms with van der Waals surface area (Å²) in [4.78, 5) is 16.0. The Hall–Kier alpha value is -2.76. The van der Waals surface area contributed by atoms with Crippen LogP contribution in [0.5, 0.6) is 0 Å². The van der Waals surface area contributed by atoms with E-state index in [4.69, 9.17) is 0 Å². The van der Waals surface area contributed by atoms with Gasteiger partial charge in [-0.05, 0) is 36.4 Å². The van der Waals surface area contributed by atoms with Crippen LogP contribution in [-0.2, 0) is 24.7 Å². The van der Waals surface area contributed by atoms with Gasteiger partial charge in [-0.2, -0.15) is 0 Å². The van der Waals surface area contributed by atoms with Gasteiger partial charge in [-0.3, -0.25) is 9.52 Å². The molecule has 0 radical (unpaired) electrons. The minimum atomic E-state index is -3.80. The number of carbonyl (C=O) groups excluding carboxylic acids is 1. The van der Waals surface area contributed by atoms with Crippen molar-refractivity contribution in [1.82, 2.24) is 4.98 Å². The van der Waals surface area contributed by atoms with E-state index in [1.54, 1.807) is 23.6 Å². The number of hydrogen-bond acceptors (Lipinski definition) is 7. The molecule has 0 aliphatic carbocycles. The van der Waals surface area contributed by atoms with Crippen LogP contribution < -0.4 is 10.0 Å². The number of nitrogens with one attached hydrogen (secondary N) is 2. The van der Waals surface area contributed by atoms with Gasteiger partial charge in [0.25, 0.3) is 10.0 Å². The van der Waals surface area contributed by atoms with Crippen molar-refractivity contribution in [2.24, 2.45) is 0 Å². The van der Waals surface area contributed by atoms with Gasteiger partial charge in [0.05, 0.1) is 9.79 Å². The highest BCUT2D eigenvalue weighted by molar-refractivity contribution is 7.93. The van der Waals surface area contributed by atoms with Crippen LogP contribution in [0, 0.1) is 0 Å². The van der Waals surface area contributed by atoms with Crippen LogP contribution in [-0.4, -0.2) is 33.5 Å². The Kier molecular flexibility index (Phi) is 5.77. The van der Waals surface area contributed by atoms with Crippen molar-refractivity contribution in [2.45, 2.75) is 9.79 Å². The van der Waals surface area contributed by atoms with Gasteiger partial charge in [-0.25, -0.2) is 21.8 Å². The van der Waals surface area contributed by atoms with E-state index >= 15 is 0 Å². The number of rotatable bonds is 7. The molecule has 1 aromatic heterocycles. The van der Waals surface area contributed by atoms with E-state index < -0.39 is 31.5 Å². The minimum Gasteiger partial charge on any atom is -0.325 e. The maximum Gasteiger partial charge on any atom is 0.263 e. The van der Waals surface area contributed by atoms with Crippen LogP contribution in [0.3, 0.4) is 0 Å². The highest BCUT2D eigenvalue weighted by Crippen LogP contribution is 2.20. The first kappa shape index (κ1) is 20.0. The lowest BCUT2D eigenvalue weighted by molar-refractivity contribution is -0.113. The summed E-state index contributed by atoms with van der Waals surface area (Å²) < 4.78 is 51.3. The summed E-state index contributed by atoms with van der Waals surface area (Å²) in [5, 5.41) is 4.33. The van der Waals surface area contributed by atoms with E-state index in [-0.39, 0.29) is 20.6 Å². The van der Waals surface area contributed by atoms with Crippen molar-refractivity contribution in [3.8, 4) is 0 Å². The first-order chi connectivity index (χ1) is 13.3. The van der Waals surface area contributed by atoms with E-state index in [9.17, 15) is 21.6 Å². The van der Waals surface area contributed by atoms with E-state index in [0.29, 0.717) is 0 Å². The largest absolute Gasteiger partial charge is 0.325 e. The number of hydrogen-bond donors (Lipinski definition) is 2. The van der Waals surface area contributed by atoms with Crippen molar-refractivity contribution in [3.05, 3.63) is 66.2 Å². The Bertz CT molecular complexity index is 1160. The summed E-state index contributed by atoms with van der Waals surface area (Å²) in [7, 11) is -7.57. The molecule has 0 aliphatic rings. The smallest absolute Gasteiger partial charge is 0.263 e. The molecule has 3 rings (SSSR count). The Morgan fingerprint density at radius 2 is 1.61 bits per heavy atom. The third kappa shape index (κ3) is 4.94. The Balaban J connectivity index is 1.66. The molecule has 11 heteroatoms. The van der Waals surface area contributed by atoms with Crippen LogP contribution >= 0.6 is 11.3 Å². The van der Waals surface area contributed by atoms with E-state index in [2.05, 4.69) is 15.0 Å². The average Bonchev–Trinajstić information content (AvgIpc) is 3.14. The number of benzene rings is 2. The molecule has 0 saturated heterocycles. The highest BCUT2D eigenvalue weighted by Gasteiger charge is 2.20. The van der Waals surface area contributed by atoms with Crippen LogP contribution in [0.1, 0.15) is 0 Å². The fraction of sp³-hybridized carbons (Fsp3) is 0.0588. The average molecular weight is 438 g/mol. The molecular weight excluding hydrogens is 422 g/mol. The van der Waals surface area contributed by atoms with E-state index in [1.165, 1.54) is 42.6 Å². The highest BCUT2D eigenvalue weighted by atomic mass is 32.2. The zero-order valence-electron chi connectivity index (χ0n) is 14.3. The predicted octanol–water partition coefficient (Wildman–Crippen LogP) is 2.36. The SMILES string of the molecule is O=C(CS(=O)(=O)c1ccccc1)Nc1ccc(S(=O)(=O)Nc2nccs2)cc1. The lowest BCUT2D eigenvalue weighted by Gasteiger charge is -2.08. The molecular formula is C17H15N3O5S3. The molecule has 2 aromatic carbocycles. The van der Waals surface area contributed by atoms with Gasteiger partial charge >= 0.3 is 0 Å². The molecule has 1 heterocycles. The molecule has 0 unspecified atom stereocenters. The topological polar surface area (TPSA) is 122 Å². The van der Waals surface area contributed by atoms with E-state index in [0.717, 1.165) is 11.3 Å². The van der Waals surface area contributed by atoms with Gasteiger partial charge in [0.15, 0.2) is 15.0 Å². The first-order valence-electron chi connectivity index (χ1n) is 7.86. The summed E-state index contributed by atoms with van der Waals surface area (Å²) in [5.74, 6) is -1.44. The number of carbonyl (C=O) groups is 1. The lowest BCUT2D eigenvalue weighted by Crippen LogP contribution is -2.23. The zero-order chi connectivity index (χ0) is 20.2. The van der Waals surface area contributed by atoms with Crippen molar-refractivity contribution in [2.75, 3.05) is 15.8 Å². The summed E-state index contributed by atoms with van der Waals surface area (Å²) in [6, 6.07) is 13.0. The molecule has 0 saturated carbocycles. The zero-order valence-corrected chi connectivity index (χ0v) is 16.7. The number of nitrogens with zero attached hydrogens (tertiary/aromatic N) is 1. The molecule has 0 aliphatic heterocycles. The fourth-order valence-electron chi connectivity index (χ4n) is 2.25. The van der Waals surface area contributed by atoms with Crippen LogP contribution in [0.2, 0.25) is 0 Å². The monoisotopic (exact) mass is 437 g/mol. The second-order valence-electron chi connectivity index (χ2n) is 5.59. The molecule has 8 nitrogen and oxygen atoms in total. The number of sulfone groups is 1. The second kappa shape index (κ2) is 8.09. The first-order valence-corrected chi connectivity index (χ1v) is 11.9. The Morgan fingerprint density at radius 3 is 2.21 bits per heavy atom. The summed E-state index contributed by atoms with van der Waals surface area (Å²) in [6.45, 7) is 0. The number of anilines is 2. The summed E-state index contributed by atoms with van der Waals surface area (Å²) >= 11 is 1.14. The number of amides is 1. The molecule has 0 spiro atoms. The van der Waals surface area contributed by atoms with Gasteiger partial charge in [-0.1, -0.05) is 18.2 Å². The standard InChI is InChI=1S/C17H15N3O5S3/c21-16(12-27(22,23)14-4-2-1-3-5-14)19-13-6-8-15(9-7-13)28(24,25)20-17-18-10-11-26-17/h1-11H,12H2,(H,18,20)(H,19,21).